The Balaban J connectivity index is 0.000000205. The molecule has 0 fully saturated rings. The molecule has 4 N–H and O–H groups in total. The van der Waals surface area contributed by atoms with Crippen molar-refractivity contribution in [1.82, 2.24) is 14.1 Å². The average Bonchev–Trinajstić information content (AvgIpc) is 3.70. The summed E-state index contributed by atoms with van der Waals surface area (Å²) in [4.78, 5) is 52.5. The summed E-state index contributed by atoms with van der Waals surface area (Å²) in [6.07, 6.45) is 0.285. The molecular weight excluding hydrogens is 894 g/mol. The number of primary amides is 2. The van der Waals surface area contributed by atoms with Gasteiger partial charge in [-0.15, -0.1) is 0 Å². The summed E-state index contributed by atoms with van der Waals surface area (Å²) in [6, 6.07) is 20.6. The van der Waals surface area contributed by atoms with Crippen molar-refractivity contribution in [2.24, 2.45) is 11.5 Å². The van der Waals surface area contributed by atoms with Crippen molar-refractivity contribution < 1.29 is 45.8 Å². The highest BCUT2D eigenvalue weighted by Crippen LogP contribution is 2.28. The van der Waals surface area contributed by atoms with Crippen LogP contribution >= 0.6 is 27.5 Å². The lowest BCUT2D eigenvalue weighted by atomic mass is 10.1. The zero-order valence-electron chi connectivity index (χ0n) is 31.6. The summed E-state index contributed by atoms with van der Waals surface area (Å²) >= 11 is 9.36. The van der Waals surface area contributed by atoms with Gasteiger partial charge in [0.05, 0.1) is 12.2 Å². The van der Waals surface area contributed by atoms with Gasteiger partial charge in [0.25, 0.3) is 11.1 Å². The molecule has 314 valence electrons. The van der Waals surface area contributed by atoms with E-state index < -0.39 is 53.0 Å². The highest BCUT2D eigenvalue weighted by atomic mass is 79.9. The van der Waals surface area contributed by atoms with E-state index in [-0.39, 0.29) is 68.8 Å². The molecule has 7 aromatic rings. The Hall–Kier alpha value is -6.92. The van der Waals surface area contributed by atoms with E-state index in [0.717, 1.165) is 29.3 Å². The van der Waals surface area contributed by atoms with Gasteiger partial charge in [-0.05, 0) is 83.0 Å². The highest BCUT2D eigenvalue weighted by molar-refractivity contribution is 9.10. The van der Waals surface area contributed by atoms with Crippen LogP contribution in [0, 0.1) is 30.2 Å². The molecule has 61 heavy (non-hydrogen) atoms. The molecule has 0 saturated carbocycles. The van der Waals surface area contributed by atoms with Crippen LogP contribution in [0.1, 0.15) is 38.4 Å². The first-order valence-corrected chi connectivity index (χ1v) is 18.9. The van der Waals surface area contributed by atoms with Crippen molar-refractivity contribution >= 4 is 50.6 Å². The Morgan fingerprint density at radius 2 is 1.46 bits per heavy atom. The average molecular weight is 925 g/mol. The van der Waals surface area contributed by atoms with Gasteiger partial charge in [0.15, 0.2) is 12.0 Å². The van der Waals surface area contributed by atoms with Crippen LogP contribution in [-0.2, 0) is 31.1 Å². The number of aryl methyl sites for hydroxylation is 1. The van der Waals surface area contributed by atoms with Gasteiger partial charge < -0.3 is 34.7 Å². The van der Waals surface area contributed by atoms with E-state index in [4.69, 9.17) is 41.7 Å². The number of aromatic nitrogens is 3. The summed E-state index contributed by atoms with van der Waals surface area (Å²) in [5.41, 5.74) is 12.9. The van der Waals surface area contributed by atoms with Gasteiger partial charge in [-0.3, -0.25) is 19.0 Å². The maximum absolute atomic E-state index is 13.9. The number of carbonyl (C=O) groups is 2. The van der Waals surface area contributed by atoms with Crippen molar-refractivity contribution in [2.75, 3.05) is 0 Å². The van der Waals surface area contributed by atoms with E-state index >= 15 is 0 Å². The number of amides is 2. The molecule has 0 spiro atoms. The Morgan fingerprint density at radius 3 is 2.08 bits per heavy atom. The van der Waals surface area contributed by atoms with Crippen LogP contribution in [0.5, 0.6) is 11.5 Å². The minimum Gasteiger partial charge on any atom is -0.487 e. The smallest absolute Gasteiger partial charge is 0.404 e. The summed E-state index contributed by atoms with van der Waals surface area (Å²) < 4.78 is 77.7. The molecular formula is C42H31BrClF4N5O8. The lowest BCUT2D eigenvalue weighted by molar-refractivity contribution is 0.1000. The molecule has 4 aromatic carbocycles. The third kappa shape index (κ3) is 10.5. The number of oxazole rings is 1. The van der Waals surface area contributed by atoms with Crippen molar-refractivity contribution in [3.05, 3.63) is 185 Å². The standard InChI is InChI=1S/C21H16BrF2N3O5.C21H15ClF2N2O3/c22-18-17(31-9-12-4-5-13(23)7-16(12)24)8-15(10-32-21(26)30)27(20(18)29)14-3-1-2-11(6-14)19(25)28;1-12-6-19(28-10-14-3-4-15(23)8-16(14)24)20(22)21(27)26(12)9-13-2-5-17-18(7-13)29-11-25-17/h1-8H,9-10H2,(H2,25,28)(H2,26,30);2-8,11H,9-10H2,1H3. The van der Waals surface area contributed by atoms with Gasteiger partial charge in [-0.25, -0.2) is 27.3 Å². The predicted octanol–water partition coefficient (Wildman–Crippen LogP) is 8.01. The van der Waals surface area contributed by atoms with Crippen LogP contribution in [0.3, 0.4) is 0 Å². The van der Waals surface area contributed by atoms with Gasteiger partial charge in [-0.1, -0.05) is 23.7 Å². The molecule has 0 saturated heterocycles. The van der Waals surface area contributed by atoms with E-state index in [1.165, 1.54) is 51.9 Å². The molecule has 0 bridgehead atoms. The molecule has 0 atom stereocenters. The number of nitrogens with two attached hydrogens (primary N) is 2. The van der Waals surface area contributed by atoms with E-state index in [2.05, 4.69) is 20.9 Å². The number of hydrogen-bond acceptors (Lipinski definition) is 9. The minimum absolute atomic E-state index is 0.0177. The first kappa shape index (κ1) is 43.7. The van der Waals surface area contributed by atoms with E-state index in [1.54, 1.807) is 19.1 Å². The number of nitrogens with zero attached hydrogens (tertiary/aromatic N) is 3. The molecule has 0 radical (unpaired) electrons. The van der Waals surface area contributed by atoms with Gasteiger partial charge in [-0.2, -0.15) is 0 Å². The zero-order chi connectivity index (χ0) is 44.0. The van der Waals surface area contributed by atoms with E-state index in [9.17, 15) is 36.7 Å². The largest absolute Gasteiger partial charge is 0.487 e. The molecule has 3 aromatic heterocycles. The molecule has 13 nitrogen and oxygen atoms in total. The second kappa shape index (κ2) is 19.0. The Labute approximate surface area is 355 Å². The molecule has 7 rings (SSSR count). The monoisotopic (exact) mass is 923 g/mol. The number of hydrogen-bond donors (Lipinski definition) is 2. The van der Waals surface area contributed by atoms with Crippen LogP contribution < -0.4 is 32.1 Å². The molecule has 0 unspecified atom stereocenters. The fourth-order valence-electron chi connectivity index (χ4n) is 5.84. The maximum atomic E-state index is 13.9. The van der Waals surface area contributed by atoms with E-state index in [1.807, 2.05) is 18.2 Å². The summed E-state index contributed by atoms with van der Waals surface area (Å²) in [7, 11) is 0. The highest BCUT2D eigenvalue weighted by Gasteiger charge is 2.19. The summed E-state index contributed by atoms with van der Waals surface area (Å²) in [6.45, 7) is 1.14. The number of rotatable bonds is 12. The Morgan fingerprint density at radius 1 is 0.803 bits per heavy atom. The Bertz CT molecular complexity index is 2920. The van der Waals surface area contributed by atoms with Crippen LogP contribution in [-0.4, -0.2) is 26.1 Å². The third-order valence-electron chi connectivity index (χ3n) is 8.89. The predicted molar refractivity (Wildman–Crippen MR) is 218 cm³/mol. The number of fused-ring (bicyclic) bond motifs is 1. The maximum Gasteiger partial charge on any atom is 0.404 e. The third-order valence-corrected chi connectivity index (χ3v) is 9.97. The van der Waals surface area contributed by atoms with Crippen molar-refractivity contribution in [1.29, 1.82) is 0 Å². The minimum atomic E-state index is -1.08. The quantitative estimate of drug-likeness (QED) is 0.115. The van der Waals surface area contributed by atoms with Crippen LogP contribution in [0.15, 0.2) is 116 Å². The molecule has 0 aliphatic heterocycles. The lowest BCUT2D eigenvalue weighted by Crippen LogP contribution is -2.25. The zero-order valence-corrected chi connectivity index (χ0v) is 33.9. The fraction of sp³-hybridized carbons (Fsp3) is 0.119. The second-order valence-corrected chi connectivity index (χ2v) is 14.2. The molecule has 0 aliphatic rings. The number of benzene rings is 4. The number of ether oxygens (including phenoxy) is 3. The van der Waals surface area contributed by atoms with Crippen molar-refractivity contribution in [3.63, 3.8) is 0 Å². The number of carbonyl (C=O) groups excluding carboxylic acids is 2. The normalized spacial score (nSPS) is 10.9. The first-order chi connectivity index (χ1) is 29.1. The Kier molecular flexibility index (Phi) is 13.6. The van der Waals surface area contributed by atoms with Gasteiger partial charge in [0.1, 0.15) is 69.6 Å². The van der Waals surface area contributed by atoms with Crippen molar-refractivity contribution in [3.8, 4) is 17.2 Å². The molecule has 19 heteroatoms. The van der Waals surface area contributed by atoms with Crippen LogP contribution in [0.2, 0.25) is 5.02 Å². The molecule has 0 aliphatic carbocycles. The topological polar surface area (TPSA) is 184 Å². The molecule has 2 amide bonds. The van der Waals surface area contributed by atoms with Gasteiger partial charge in [0, 0.05) is 52.3 Å². The lowest BCUT2D eigenvalue weighted by Gasteiger charge is -2.17. The van der Waals surface area contributed by atoms with Crippen LogP contribution in [0.4, 0.5) is 22.4 Å². The number of halogens is 6. The van der Waals surface area contributed by atoms with Gasteiger partial charge >= 0.3 is 6.09 Å². The summed E-state index contributed by atoms with van der Waals surface area (Å²) in [5.74, 6) is -3.49. The fourth-order valence-corrected chi connectivity index (χ4v) is 6.45. The first-order valence-electron chi connectivity index (χ1n) is 17.7. The summed E-state index contributed by atoms with van der Waals surface area (Å²) in [5, 5.41) is -0.112. The van der Waals surface area contributed by atoms with Gasteiger partial charge in [0.2, 0.25) is 5.91 Å². The van der Waals surface area contributed by atoms with E-state index in [0.29, 0.717) is 17.3 Å². The van der Waals surface area contributed by atoms with Crippen molar-refractivity contribution in [2.45, 2.75) is 33.3 Å². The number of pyridine rings is 2. The molecule has 3 heterocycles. The second-order valence-electron chi connectivity index (χ2n) is 13.0. The SMILES string of the molecule is Cc1cc(OCc2ccc(F)cc2F)c(Cl)c(=O)n1Cc1ccc2ncoc2c1.NC(=O)OCc1cc(OCc2ccc(F)cc2F)c(Br)c(=O)n1-c1cccc(C(N)=O)c1. The van der Waals surface area contributed by atoms with Crippen LogP contribution in [0.25, 0.3) is 16.8 Å².